The molecule has 0 saturated heterocycles. The van der Waals surface area contributed by atoms with Gasteiger partial charge >= 0.3 is 0 Å². The highest BCUT2D eigenvalue weighted by molar-refractivity contribution is 6.03. The molecule has 0 spiro atoms. The number of aromatic hydroxyl groups is 2. The number of carbonyl (C=O) groups excluding carboxylic acids is 1. The molecule has 3 N–H and O–H groups in total. The average molecular weight is 315 g/mol. The molecule has 1 amide bonds. The molecule has 0 aliphatic rings. The lowest BCUT2D eigenvalue weighted by Crippen LogP contribution is -2.20. The van der Waals surface area contributed by atoms with Crippen molar-refractivity contribution in [3.8, 4) is 11.5 Å². The van der Waals surface area contributed by atoms with E-state index in [4.69, 9.17) is 0 Å². The Bertz CT molecular complexity index is 801. The zero-order valence-electron chi connectivity index (χ0n) is 12.1. The number of hydrazone groups is 1. The zero-order valence-corrected chi connectivity index (χ0v) is 12.1. The van der Waals surface area contributed by atoms with Crippen LogP contribution in [-0.2, 0) is 0 Å². The molecule has 0 atom stereocenters. The van der Waals surface area contributed by atoms with Gasteiger partial charge in [0, 0.05) is 11.6 Å². The molecule has 0 saturated carbocycles. The predicted octanol–water partition coefficient (Wildman–Crippen LogP) is 2.16. The molecule has 0 heterocycles. The van der Waals surface area contributed by atoms with Crippen molar-refractivity contribution >= 4 is 17.3 Å². The smallest absolute Gasteiger partial charge is 0.282 e. The Kier molecular flexibility index (Phi) is 4.55. The van der Waals surface area contributed by atoms with Crippen LogP contribution in [0.2, 0.25) is 0 Å². The molecule has 0 aromatic heterocycles. The molecule has 0 fully saturated rings. The van der Waals surface area contributed by atoms with Gasteiger partial charge in [-0.2, -0.15) is 5.10 Å². The molecule has 0 unspecified atom stereocenters. The van der Waals surface area contributed by atoms with Crippen molar-refractivity contribution in [1.82, 2.24) is 5.43 Å². The molecule has 8 heteroatoms. The van der Waals surface area contributed by atoms with Gasteiger partial charge in [0.15, 0.2) is 0 Å². The minimum atomic E-state index is -0.753. The first kappa shape index (κ1) is 16.0. The SMILES string of the molecule is C/C(=N/NC(=O)c1ccccc1[N+](=O)[O-])c1cc(O)ccc1O. The Morgan fingerprint density at radius 1 is 1.17 bits per heavy atom. The second kappa shape index (κ2) is 6.56. The number of para-hydroxylation sites is 1. The maximum atomic E-state index is 12.0. The van der Waals surface area contributed by atoms with Gasteiger partial charge in [-0.25, -0.2) is 5.43 Å². The summed E-state index contributed by atoms with van der Waals surface area (Å²) in [6, 6.07) is 9.35. The van der Waals surface area contributed by atoms with Crippen LogP contribution in [0.25, 0.3) is 0 Å². The summed E-state index contributed by atoms with van der Waals surface area (Å²) in [5, 5.41) is 33.8. The van der Waals surface area contributed by atoms with Crippen molar-refractivity contribution in [2.45, 2.75) is 6.92 Å². The van der Waals surface area contributed by atoms with Gasteiger partial charge in [0.05, 0.1) is 10.6 Å². The average Bonchev–Trinajstić information content (AvgIpc) is 2.54. The number of amides is 1. The van der Waals surface area contributed by atoms with E-state index in [1.807, 2.05) is 0 Å². The Labute approximate surface area is 130 Å². The van der Waals surface area contributed by atoms with E-state index >= 15 is 0 Å². The van der Waals surface area contributed by atoms with E-state index in [1.54, 1.807) is 0 Å². The van der Waals surface area contributed by atoms with Crippen molar-refractivity contribution in [2.24, 2.45) is 5.10 Å². The van der Waals surface area contributed by atoms with Crippen LogP contribution in [0.3, 0.4) is 0 Å². The summed E-state index contributed by atoms with van der Waals surface area (Å²) >= 11 is 0. The van der Waals surface area contributed by atoms with Crippen LogP contribution in [0.1, 0.15) is 22.8 Å². The maximum absolute atomic E-state index is 12.0. The van der Waals surface area contributed by atoms with Crippen molar-refractivity contribution in [1.29, 1.82) is 0 Å². The number of phenols is 2. The number of phenolic OH excluding ortho intramolecular Hbond substituents is 2. The summed E-state index contributed by atoms with van der Waals surface area (Å²) in [5.41, 5.74) is 2.18. The monoisotopic (exact) mass is 315 g/mol. The van der Waals surface area contributed by atoms with Gasteiger partial charge < -0.3 is 10.2 Å². The first-order chi connectivity index (χ1) is 10.9. The number of hydrogen-bond donors (Lipinski definition) is 3. The fraction of sp³-hybridized carbons (Fsp3) is 0.0667. The molecular formula is C15H13N3O5. The topological polar surface area (TPSA) is 125 Å². The number of carbonyl (C=O) groups is 1. The summed E-state index contributed by atoms with van der Waals surface area (Å²) in [4.78, 5) is 22.3. The second-order valence-corrected chi connectivity index (χ2v) is 4.61. The lowest BCUT2D eigenvalue weighted by molar-refractivity contribution is -0.385. The fourth-order valence-corrected chi connectivity index (χ4v) is 1.89. The quantitative estimate of drug-likeness (QED) is 0.345. The Hall–Kier alpha value is -3.42. The van der Waals surface area contributed by atoms with Gasteiger partial charge in [-0.05, 0) is 31.2 Å². The van der Waals surface area contributed by atoms with Crippen LogP contribution in [0, 0.1) is 10.1 Å². The summed E-state index contributed by atoms with van der Waals surface area (Å²) in [7, 11) is 0. The highest BCUT2D eigenvalue weighted by Gasteiger charge is 2.19. The third kappa shape index (κ3) is 3.62. The van der Waals surface area contributed by atoms with Crippen molar-refractivity contribution in [3.63, 3.8) is 0 Å². The highest BCUT2D eigenvalue weighted by Crippen LogP contribution is 2.22. The molecule has 0 bridgehead atoms. The van der Waals surface area contributed by atoms with E-state index in [-0.39, 0.29) is 34.0 Å². The summed E-state index contributed by atoms with van der Waals surface area (Å²) in [6.07, 6.45) is 0. The van der Waals surface area contributed by atoms with Crippen molar-refractivity contribution < 1.29 is 19.9 Å². The first-order valence-corrected chi connectivity index (χ1v) is 6.50. The molecule has 0 aliphatic carbocycles. The number of hydrogen-bond acceptors (Lipinski definition) is 6. The first-order valence-electron chi connectivity index (χ1n) is 6.50. The lowest BCUT2D eigenvalue weighted by atomic mass is 10.1. The van der Waals surface area contributed by atoms with E-state index in [9.17, 15) is 25.1 Å². The minimum Gasteiger partial charge on any atom is -0.508 e. The van der Waals surface area contributed by atoms with E-state index in [0.29, 0.717) is 0 Å². The van der Waals surface area contributed by atoms with E-state index in [1.165, 1.54) is 49.4 Å². The summed E-state index contributed by atoms with van der Waals surface area (Å²) < 4.78 is 0. The van der Waals surface area contributed by atoms with Crippen LogP contribution < -0.4 is 5.43 Å². The van der Waals surface area contributed by atoms with Crippen molar-refractivity contribution in [2.75, 3.05) is 0 Å². The van der Waals surface area contributed by atoms with Gasteiger partial charge in [-0.15, -0.1) is 0 Å². The zero-order chi connectivity index (χ0) is 17.0. The highest BCUT2D eigenvalue weighted by atomic mass is 16.6. The Morgan fingerprint density at radius 3 is 2.57 bits per heavy atom. The van der Waals surface area contributed by atoms with E-state index in [0.717, 1.165) is 0 Å². The summed E-state index contributed by atoms with van der Waals surface area (Å²) in [5.74, 6) is -0.947. The molecule has 2 rings (SSSR count). The maximum Gasteiger partial charge on any atom is 0.282 e. The van der Waals surface area contributed by atoms with Crippen molar-refractivity contribution in [3.05, 3.63) is 63.7 Å². The fourth-order valence-electron chi connectivity index (χ4n) is 1.89. The van der Waals surface area contributed by atoms with Crippen LogP contribution in [0.4, 0.5) is 5.69 Å². The molecular weight excluding hydrogens is 302 g/mol. The number of nitrogens with zero attached hydrogens (tertiary/aromatic N) is 2. The second-order valence-electron chi connectivity index (χ2n) is 4.61. The van der Waals surface area contributed by atoms with Crippen LogP contribution in [-0.4, -0.2) is 26.8 Å². The number of nitrogens with one attached hydrogen (secondary N) is 1. The summed E-state index contributed by atoms with van der Waals surface area (Å²) in [6.45, 7) is 1.51. The van der Waals surface area contributed by atoms with Gasteiger partial charge in [0.2, 0.25) is 0 Å². The number of rotatable bonds is 4. The molecule has 0 aliphatic heterocycles. The third-order valence-electron chi connectivity index (χ3n) is 3.04. The van der Waals surface area contributed by atoms with Gasteiger partial charge in [0.25, 0.3) is 11.6 Å². The Balaban J connectivity index is 2.24. The Morgan fingerprint density at radius 2 is 1.87 bits per heavy atom. The van der Waals surface area contributed by atoms with Gasteiger partial charge in [-0.3, -0.25) is 14.9 Å². The van der Waals surface area contributed by atoms with E-state index < -0.39 is 10.8 Å². The number of nitro groups is 1. The third-order valence-corrected chi connectivity index (χ3v) is 3.04. The van der Waals surface area contributed by atoms with Crippen LogP contribution in [0.5, 0.6) is 11.5 Å². The molecule has 8 nitrogen and oxygen atoms in total. The van der Waals surface area contributed by atoms with Gasteiger partial charge in [-0.1, -0.05) is 12.1 Å². The van der Waals surface area contributed by atoms with Crippen LogP contribution in [0.15, 0.2) is 47.6 Å². The molecule has 118 valence electrons. The lowest BCUT2D eigenvalue weighted by Gasteiger charge is -2.06. The normalized spacial score (nSPS) is 11.1. The molecule has 0 radical (unpaired) electrons. The van der Waals surface area contributed by atoms with E-state index in [2.05, 4.69) is 10.5 Å². The standard InChI is InChI=1S/C15H13N3O5/c1-9(12-8-10(19)6-7-14(12)20)16-17-15(21)11-4-2-3-5-13(11)18(22)23/h2-8,19-20H,1H3,(H,17,21)/b16-9-. The molecule has 23 heavy (non-hydrogen) atoms. The van der Waals surface area contributed by atoms with Crippen LogP contribution >= 0.6 is 0 Å². The number of nitro benzene ring substituents is 1. The molecule has 2 aromatic rings. The molecule has 2 aromatic carbocycles. The van der Waals surface area contributed by atoms with Gasteiger partial charge in [0.1, 0.15) is 17.1 Å². The predicted molar refractivity (Wildman–Crippen MR) is 82.5 cm³/mol. The minimum absolute atomic E-state index is 0.0719. The largest absolute Gasteiger partial charge is 0.508 e. The number of benzene rings is 2.